The maximum Gasteiger partial charge on any atom is 0.200 e. The number of hydrogen-bond acceptors (Lipinski definition) is 3. The summed E-state index contributed by atoms with van der Waals surface area (Å²) in [4.78, 5) is 12.2. The average molecular weight is 247 g/mol. The molecule has 0 aliphatic heterocycles. The number of rotatable bonds is 1. The Morgan fingerprint density at radius 1 is 1.06 bits per heavy atom. The highest BCUT2D eigenvalue weighted by Crippen LogP contribution is 2.26. The van der Waals surface area contributed by atoms with Crippen molar-refractivity contribution in [3.05, 3.63) is 24.0 Å². The van der Waals surface area contributed by atoms with E-state index in [1.54, 1.807) is 6.26 Å². The van der Waals surface area contributed by atoms with Crippen LogP contribution in [-0.2, 0) is 10.8 Å². The van der Waals surface area contributed by atoms with Crippen molar-refractivity contribution in [1.29, 1.82) is 0 Å². The lowest BCUT2D eigenvalue weighted by Crippen LogP contribution is -2.11. The van der Waals surface area contributed by atoms with E-state index >= 15 is 0 Å². The van der Waals surface area contributed by atoms with Gasteiger partial charge < -0.3 is 9.40 Å². The summed E-state index contributed by atoms with van der Waals surface area (Å²) < 4.78 is 5.51. The molecule has 0 saturated heterocycles. The van der Waals surface area contributed by atoms with Crippen molar-refractivity contribution in [2.24, 2.45) is 0 Å². The van der Waals surface area contributed by atoms with Gasteiger partial charge in [-0.1, -0.05) is 41.5 Å². The molecule has 98 valence electrons. The Labute approximate surface area is 108 Å². The highest BCUT2D eigenvalue weighted by molar-refractivity contribution is 5.48. The van der Waals surface area contributed by atoms with Crippen molar-refractivity contribution in [1.82, 2.24) is 15.0 Å². The zero-order chi connectivity index (χ0) is 13.6. The Morgan fingerprint density at radius 3 is 2.17 bits per heavy atom. The minimum atomic E-state index is -0.0856. The van der Waals surface area contributed by atoms with E-state index < -0.39 is 0 Å². The first kappa shape index (κ1) is 12.9. The summed E-state index contributed by atoms with van der Waals surface area (Å²) in [7, 11) is 0. The van der Waals surface area contributed by atoms with E-state index in [-0.39, 0.29) is 10.8 Å². The van der Waals surface area contributed by atoms with Crippen molar-refractivity contribution in [2.75, 3.05) is 0 Å². The van der Waals surface area contributed by atoms with E-state index in [0.29, 0.717) is 0 Å². The molecule has 0 radical (unpaired) electrons. The fraction of sp³-hybridized carbons (Fsp3) is 0.571. The van der Waals surface area contributed by atoms with Gasteiger partial charge in [-0.2, -0.15) is 0 Å². The van der Waals surface area contributed by atoms with Gasteiger partial charge in [0.1, 0.15) is 12.0 Å². The molecule has 0 spiro atoms. The van der Waals surface area contributed by atoms with E-state index in [9.17, 15) is 0 Å². The summed E-state index contributed by atoms with van der Waals surface area (Å²) in [5.41, 5.74) is 1.83. The van der Waals surface area contributed by atoms with Crippen LogP contribution in [0.15, 0.2) is 16.9 Å². The molecule has 18 heavy (non-hydrogen) atoms. The molecule has 2 heterocycles. The van der Waals surface area contributed by atoms with Crippen LogP contribution in [0.3, 0.4) is 0 Å². The normalized spacial score (nSPS) is 13.0. The third-order valence-corrected chi connectivity index (χ3v) is 2.77. The smallest absolute Gasteiger partial charge is 0.200 e. The van der Waals surface area contributed by atoms with Crippen LogP contribution in [-0.4, -0.2) is 15.0 Å². The molecule has 0 atom stereocenters. The van der Waals surface area contributed by atoms with Crippen LogP contribution in [0.25, 0.3) is 11.5 Å². The second-order valence-electron chi connectivity index (χ2n) is 6.68. The number of nitrogens with zero attached hydrogens (tertiary/aromatic N) is 2. The largest absolute Gasteiger partial charge is 0.448 e. The van der Waals surface area contributed by atoms with Gasteiger partial charge in [0.15, 0.2) is 11.7 Å². The second kappa shape index (κ2) is 3.97. The van der Waals surface area contributed by atoms with Crippen molar-refractivity contribution < 1.29 is 4.42 Å². The molecule has 0 bridgehead atoms. The molecular weight excluding hydrogens is 226 g/mol. The Kier molecular flexibility index (Phi) is 2.84. The fourth-order valence-corrected chi connectivity index (χ4v) is 1.56. The summed E-state index contributed by atoms with van der Waals surface area (Å²) in [6.45, 7) is 12.7. The van der Waals surface area contributed by atoms with Gasteiger partial charge in [-0.25, -0.2) is 9.97 Å². The topological polar surface area (TPSA) is 54.7 Å². The van der Waals surface area contributed by atoms with Gasteiger partial charge in [-0.15, -0.1) is 0 Å². The minimum Gasteiger partial charge on any atom is -0.448 e. The summed E-state index contributed by atoms with van der Waals surface area (Å²) in [5.74, 6) is 1.49. The third kappa shape index (κ3) is 2.47. The molecule has 2 aromatic heterocycles. The summed E-state index contributed by atoms with van der Waals surface area (Å²) in [6, 6.07) is 0. The van der Waals surface area contributed by atoms with Gasteiger partial charge >= 0.3 is 0 Å². The fourth-order valence-electron chi connectivity index (χ4n) is 1.56. The van der Waals surface area contributed by atoms with E-state index in [4.69, 9.17) is 4.42 Å². The molecule has 0 aliphatic carbocycles. The summed E-state index contributed by atoms with van der Waals surface area (Å²) in [5, 5.41) is 0. The van der Waals surface area contributed by atoms with Gasteiger partial charge in [0.05, 0.1) is 0 Å². The van der Waals surface area contributed by atoms with Gasteiger partial charge in [0.2, 0.25) is 0 Å². The molecule has 4 nitrogen and oxygen atoms in total. The van der Waals surface area contributed by atoms with Crippen LogP contribution in [0, 0.1) is 0 Å². The van der Waals surface area contributed by atoms with Gasteiger partial charge in [-0.05, 0) is 0 Å². The molecular formula is C14H21N3O. The molecule has 2 aromatic rings. The third-order valence-electron chi connectivity index (χ3n) is 2.77. The molecule has 0 aromatic carbocycles. The predicted octanol–water partition coefficient (Wildman–Crippen LogP) is 3.66. The first-order chi connectivity index (χ1) is 8.18. The lowest BCUT2D eigenvalue weighted by atomic mass is 9.93. The summed E-state index contributed by atoms with van der Waals surface area (Å²) in [6.07, 6.45) is 3.52. The molecule has 1 N–H and O–H groups in total. The lowest BCUT2D eigenvalue weighted by Gasteiger charge is -2.14. The zero-order valence-corrected chi connectivity index (χ0v) is 12.0. The summed E-state index contributed by atoms with van der Waals surface area (Å²) >= 11 is 0. The van der Waals surface area contributed by atoms with Crippen LogP contribution in [0.4, 0.5) is 0 Å². The standard InChI is InChI=1S/C14H21N3O/c1-13(2,3)10-7-15-11(17-10)9-8-18-12(16-9)14(4,5)6/h7-8H,1-6H3,(H,15,17). The van der Waals surface area contributed by atoms with Crippen LogP contribution >= 0.6 is 0 Å². The monoisotopic (exact) mass is 247 g/mol. The quantitative estimate of drug-likeness (QED) is 0.836. The predicted molar refractivity (Wildman–Crippen MR) is 71.5 cm³/mol. The van der Waals surface area contributed by atoms with Crippen molar-refractivity contribution in [2.45, 2.75) is 52.4 Å². The van der Waals surface area contributed by atoms with Gasteiger partial charge in [-0.3, -0.25) is 0 Å². The molecule has 2 rings (SSSR count). The number of H-pyrrole nitrogens is 1. The number of hydrogen-bond donors (Lipinski definition) is 1. The Balaban J connectivity index is 2.33. The molecule has 0 fully saturated rings. The minimum absolute atomic E-state index is 0.0574. The number of nitrogens with one attached hydrogen (secondary N) is 1. The Bertz CT molecular complexity index is 488. The highest BCUT2D eigenvalue weighted by Gasteiger charge is 2.22. The van der Waals surface area contributed by atoms with E-state index in [2.05, 4.69) is 56.5 Å². The van der Waals surface area contributed by atoms with Crippen molar-refractivity contribution in [3.8, 4) is 11.5 Å². The van der Waals surface area contributed by atoms with Crippen LogP contribution in [0.1, 0.15) is 53.1 Å². The zero-order valence-electron chi connectivity index (χ0n) is 12.0. The van der Waals surface area contributed by atoms with Gasteiger partial charge in [0.25, 0.3) is 0 Å². The van der Waals surface area contributed by atoms with E-state index in [0.717, 1.165) is 23.1 Å². The van der Waals surface area contributed by atoms with E-state index in [1.807, 2.05) is 6.20 Å². The molecule has 0 saturated carbocycles. The number of aromatic amines is 1. The number of aromatic nitrogens is 3. The van der Waals surface area contributed by atoms with E-state index in [1.165, 1.54) is 0 Å². The first-order valence-electron chi connectivity index (χ1n) is 6.20. The number of oxazole rings is 1. The highest BCUT2D eigenvalue weighted by atomic mass is 16.3. The SMILES string of the molecule is CC(C)(C)c1cnc(-c2coc(C(C)(C)C)n2)[nH]1. The molecule has 0 amide bonds. The maximum atomic E-state index is 5.51. The second-order valence-corrected chi connectivity index (χ2v) is 6.68. The average Bonchev–Trinajstić information content (AvgIpc) is 2.84. The van der Waals surface area contributed by atoms with Crippen molar-refractivity contribution in [3.63, 3.8) is 0 Å². The van der Waals surface area contributed by atoms with Crippen LogP contribution in [0.5, 0.6) is 0 Å². The molecule has 4 heteroatoms. The molecule has 0 aliphatic rings. The Hall–Kier alpha value is -1.58. The van der Waals surface area contributed by atoms with Crippen LogP contribution in [0.2, 0.25) is 0 Å². The van der Waals surface area contributed by atoms with Gasteiger partial charge in [0, 0.05) is 22.7 Å². The number of imidazole rings is 1. The first-order valence-corrected chi connectivity index (χ1v) is 6.20. The maximum absolute atomic E-state index is 5.51. The van der Waals surface area contributed by atoms with Crippen LogP contribution < -0.4 is 0 Å². The van der Waals surface area contributed by atoms with Crippen molar-refractivity contribution >= 4 is 0 Å². The Morgan fingerprint density at radius 2 is 1.72 bits per heavy atom. The molecule has 0 unspecified atom stereocenters. The lowest BCUT2D eigenvalue weighted by molar-refractivity contribution is 0.392.